The van der Waals surface area contributed by atoms with Crippen molar-refractivity contribution in [2.75, 3.05) is 0 Å². The van der Waals surface area contributed by atoms with Crippen LogP contribution in [0.25, 0.3) is 0 Å². The van der Waals surface area contributed by atoms with Crippen molar-refractivity contribution in [2.24, 2.45) is 11.7 Å². The SMILES string of the molecule is CCCC[C@H](C(=O)O)[C@H](NC(N)=O)C(=O)O. The summed E-state index contributed by atoms with van der Waals surface area (Å²) >= 11 is 0. The van der Waals surface area contributed by atoms with Gasteiger partial charge in [0.05, 0.1) is 5.92 Å². The van der Waals surface area contributed by atoms with Crippen molar-refractivity contribution in [1.82, 2.24) is 5.32 Å². The normalized spacial score (nSPS) is 13.8. The third-order valence-electron chi connectivity index (χ3n) is 2.15. The van der Waals surface area contributed by atoms with Crippen LogP contribution in [0.15, 0.2) is 0 Å². The summed E-state index contributed by atoms with van der Waals surface area (Å²) < 4.78 is 0. The molecule has 0 aromatic rings. The molecule has 0 radical (unpaired) electrons. The third kappa shape index (κ3) is 4.63. The average molecular weight is 232 g/mol. The van der Waals surface area contributed by atoms with Crippen molar-refractivity contribution in [3.8, 4) is 0 Å². The molecule has 0 spiro atoms. The molecule has 0 fully saturated rings. The fourth-order valence-corrected chi connectivity index (χ4v) is 1.34. The zero-order valence-corrected chi connectivity index (χ0v) is 8.97. The Bertz CT molecular complexity index is 279. The smallest absolute Gasteiger partial charge is 0.327 e. The van der Waals surface area contributed by atoms with Crippen LogP contribution in [0.2, 0.25) is 0 Å². The lowest BCUT2D eigenvalue weighted by Gasteiger charge is -2.20. The monoisotopic (exact) mass is 232 g/mol. The number of hydrogen-bond acceptors (Lipinski definition) is 3. The van der Waals surface area contributed by atoms with E-state index in [9.17, 15) is 14.4 Å². The quantitative estimate of drug-likeness (QED) is 0.490. The minimum Gasteiger partial charge on any atom is -0.481 e. The topological polar surface area (TPSA) is 130 Å². The number of unbranched alkanes of at least 4 members (excludes halogenated alkanes) is 1. The van der Waals surface area contributed by atoms with E-state index in [2.05, 4.69) is 0 Å². The van der Waals surface area contributed by atoms with Gasteiger partial charge in [-0.3, -0.25) is 4.79 Å². The third-order valence-corrected chi connectivity index (χ3v) is 2.15. The molecule has 0 heterocycles. The molecule has 7 nitrogen and oxygen atoms in total. The van der Waals surface area contributed by atoms with Crippen molar-refractivity contribution >= 4 is 18.0 Å². The van der Waals surface area contributed by atoms with E-state index < -0.39 is 29.9 Å². The molecule has 0 saturated heterocycles. The van der Waals surface area contributed by atoms with Crippen LogP contribution in [0.5, 0.6) is 0 Å². The Morgan fingerprint density at radius 3 is 2.12 bits per heavy atom. The van der Waals surface area contributed by atoms with Gasteiger partial charge in [0.25, 0.3) is 0 Å². The maximum Gasteiger partial charge on any atom is 0.327 e. The molecule has 92 valence electrons. The summed E-state index contributed by atoms with van der Waals surface area (Å²) in [5, 5.41) is 19.6. The standard InChI is InChI=1S/C9H16N2O5/c1-2-3-4-5(7(12)13)6(8(14)15)11-9(10)16/h5-6H,2-4H2,1H3,(H,12,13)(H,14,15)(H3,10,11,16)/t5-,6-/m0/s1. The number of carbonyl (C=O) groups is 3. The molecule has 16 heavy (non-hydrogen) atoms. The maximum atomic E-state index is 10.9. The van der Waals surface area contributed by atoms with Crippen molar-refractivity contribution in [2.45, 2.75) is 32.2 Å². The number of primary amides is 1. The number of carbonyl (C=O) groups excluding carboxylic acids is 1. The Hall–Kier alpha value is -1.79. The van der Waals surface area contributed by atoms with Crippen LogP contribution >= 0.6 is 0 Å². The van der Waals surface area contributed by atoms with Gasteiger partial charge in [0.15, 0.2) is 0 Å². The van der Waals surface area contributed by atoms with E-state index >= 15 is 0 Å². The van der Waals surface area contributed by atoms with E-state index in [1.165, 1.54) is 0 Å². The molecular weight excluding hydrogens is 216 g/mol. The first-order valence-electron chi connectivity index (χ1n) is 4.91. The number of carboxylic acids is 2. The Morgan fingerprint density at radius 1 is 1.25 bits per heavy atom. The van der Waals surface area contributed by atoms with Gasteiger partial charge in [-0.25, -0.2) is 9.59 Å². The van der Waals surface area contributed by atoms with Crippen molar-refractivity contribution in [1.29, 1.82) is 0 Å². The van der Waals surface area contributed by atoms with Crippen LogP contribution < -0.4 is 11.1 Å². The van der Waals surface area contributed by atoms with Gasteiger partial charge in [0, 0.05) is 0 Å². The van der Waals surface area contributed by atoms with Gasteiger partial charge in [-0.05, 0) is 6.42 Å². The molecule has 0 saturated carbocycles. The summed E-state index contributed by atoms with van der Waals surface area (Å²) in [4.78, 5) is 32.3. The van der Waals surface area contributed by atoms with Crippen molar-refractivity contribution < 1.29 is 24.6 Å². The second-order valence-corrected chi connectivity index (χ2v) is 3.41. The highest BCUT2D eigenvalue weighted by molar-refractivity contribution is 5.86. The Balaban J connectivity index is 4.72. The number of carboxylic acid groups (broad SMARTS) is 2. The molecule has 0 bridgehead atoms. The molecule has 0 rings (SSSR count). The fraction of sp³-hybridized carbons (Fsp3) is 0.667. The van der Waals surface area contributed by atoms with Crippen LogP contribution in [-0.4, -0.2) is 34.2 Å². The molecule has 0 unspecified atom stereocenters. The van der Waals surface area contributed by atoms with E-state index in [0.717, 1.165) is 6.42 Å². The van der Waals surface area contributed by atoms with E-state index in [1.54, 1.807) is 0 Å². The van der Waals surface area contributed by atoms with Gasteiger partial charge >= 0.3 is 18.0 Å². The van der Waals surface area contributed by atoms with Gasteiger partial charge in [-0.15, -0.1) is 0 Å². The van der Waals surface area contributed by atoms with E-state index in [0.29, 0.717) is 6.42 Å². The van der Waals surface area contributed by atoms with Crippen LogP contribution in [0.4, 0.5) is 4.79 Å². The van der Waals surface area contributed by atoms with Gasteiger partial charge in [0.1, 0.15) is 6.04 Å². The summed E-state index contributed by atoms with van der Waals surface area (Å²) in [6.45, 7) is 1.86. The first kappa shape index (κ1) is 14.2. The molecule has 5 N–H and O–H groups in total. The molecule has 0 aliphatic heterocycles. The van der Waals surface area contributed by atoms with Crippen LogP contribution in [0.3, 0.4) is 0 Å². The number of urea groups is 1. The Labute approximate surface area is 92.6 Å². The highest BCUT2D eigenvalue weighted by atomic mass is 16.4. The van der Waals surface area contributed by atoms with Gasteiger partial charge in [0.2, 0.25) is 0 Å². The van der Waals surface area contributed by atoms with E-state index in [-0.39, 0.29) is 6.42 Å². The van der Waals surface area contributed by atoms with Gasteiger partial charge < -0.3 is 21.3 Å². The highest BCUT2D eigenvalue weighted by Crippen LogP contribution is 2.14. The summed E-state index contributed by atoms with van der Waals surface area (Å²) in [5.41, 5.74) is 4.79. The number of hydrogen-bond donors (Lipinski definition) is 4. The largest absolute Gasteiger partial charge is 0.481 e. The number of amides is 2. The second-order valence-electron chi connectivity index (χ2n) is 3.41. The number of rotatable bonds is 7. The predicted octanol–water partition coefficient (Wildman–Crippen LogP) is -0.00110. The molecule has 2 atom stereocenters. The summed E-state index contributed by atoms with van der Waals surface area (Å²) in [6, 6.07) is -2.53. The number of nitrogens with two attached hydrogens (primary N) is 1. The summed E-state index contributed by atoms with van der Waals surface area (Å²) in [7, 11) is 0. The predicted molar refractivity (Wildman–Crippen MR) is 54.8 cm³/mol. The van der Waals surface area contributed by atoms with Crippen LogP contribution in [0, 0.1) is 5.92 Å². The van der Waals surface area contributed by atoms with Crippen LogP contribution in [0.1, 0.15) is 26.2 Å². The van der Waals surface area contributed by atoms with Crippen LogP contribution in [-0.2, 0) is 9.59 Å². The zero-order valence-electron chi connectivity index (χ0n) is 8.97. The molecule has 0 aliphatic carbocycles. The molecule has 7 heteroatoms. The molecule has 0 aliphatic rings. The molecule has 0 aromatic carbocycles. The van der Waals surface area contributed by atoms with E-state index in [1.807, 2.05) is 12.2 Å². The molecular formula is C9H16N2O5. The first-order valence-corrected chi connectivity index (χ1v) is 4.91. The average Bonchev–Trinajstić information content (AvgIpc) is 2.15. The fourth-order valence-electron chi connectivity index (χ4n) is 1.34. The molecule has 2 amide bonds. The highest BCUT2D eigenvalue weighted by Gasteiger charge is 2.33. The van der Waals surface area contributed by atoms with Gasteiger partial charge in [-0.2, -0.15) is 0 Å². The van der Waals surface area contributed by atoms with Gasteiger partial charge in [-0.1, -0.05) is 19.8 Å². The second kappa shape index (κ2) is 6.65. The van der Waals surface area contributed by atoms with E-state index in [4.69, 9.17) is 15.9 Å². The van der Waals surface area contributed by atoms with Crippen molar-refractivity contribution in [3.63, 3.8) is 0 Å². The summed E-state index contributed by atoms with van der Waals surface area (Å²) in [5.74, 6) is -3.82. The lowest BCUT2D eigenvalue weighted by Crippen LogP contribution is -2.50. The lowest BCUT2D eigenvalue weighted by molar-refractivity contribution is -0.150. The van der Waals surface area contributed by atoms with Crippen molar-refractivity contribution in [3.05, 3.63) is 0 Å². The molecule has 0 aromatic heterocycles. The maximum absolute atomic E-state index is 10.9. The first-order chi connectivity index (χ1) is 7.40. The zero-order chi connectivity index (χ0) is 12.7. The lowest BCUT2D eigenvalue weighted by atomic mass is 9.94. The number of aliphatic carboxylic acids is 2. The number of nitrogens with one attached hydrogen (secondary N) is 1. The Kier molecular flexibility index (Phi) is 5.91. The Morgan fingerprint density at radius 2 is 1.81 bits per heavy atom. The summed E-state index contributed by atoms with van der Waals surface area (Å²) in [6.07, 6.45) is 1.50. The minimum absolute atomic E-state index is 0.184. The minimum atomic E-state index is -1.48.